The van der Waals surface area contributed by atoms with E-state index in [2.05, 4.69) is 34.4 Å². The fraction of sp³-hybridized carbons (Fsp3) is 0.333. The molecule has 5 nitrogen and oxygen atoms in total. The Morgan fingerprint density at radius 3 is 2.74 bits per heavy atom. The number of likely N-dealkylation sites (N-methyl/N-ethyl adjacent to an activating group) is 1. The van der Waals surface area contributed by atoms with Crippen molar-refractivity contribution in [1.82, 2.24) is 14.5 Å². The molecule has 1 aromatic carbocycles. The van der Waals surface area contributed by atoms with Gasteiger partial charge in [0.25, 0.3) is 0 Å². The summed E-state index contributed by atoms with van der Waals surface area (Å²) in [5.74, 6) is 0.797. The maximum absolute atomic E-state index is 13.3. The van der Waals surface area contributed by atoms with Gasteiger partial charge in [0, 0.05) is 24.7 Å². The molecule has 3 heterocycles. The lowest BCUT2D eigenvalue weighted by Gasteiger charge is -2.19. The number of fused-ring (bicyclic) bond motifs is 4. The first-order valence-electron chi connectivity index (χ1n) is 9.28. The normalized spacial score (nSPS) is 11.9. The Morgan fingerprint density at radius 1 is 1.19 bits per heavy atom. The number of aromatic nitrogens is 2. The van der Waals surface area contributed by atoms with Gasteiger partial charge in [-0.15, -0.1) is 11.3 Å². The third-order valence-electron chi connectivity index (χ3n) is 5.19. The molecule has 0 N–H and O–H groups in total. The Kier molecular flexibility index (Phi) is 4.85. The van der Waals surface area contributed by atoms with Crippen LogP contribution in [-0.2, 0) is 6.54 Å². The van der Waals surface area contributed by atoms with Crippen molar-refractivity contribution in [2.24, 2.45) is 0 Å². The van der Waals surface area contributed by atoms with E-state index in [9.17, 15) is 4.79 Å². The van der Waals surface area contributed by atoms with E-state index in [0.29, 0.717) is 5.39 Å². The monoisotopic (exact) mass is 381 g/mol. The minimum Gasteiger partial charge on any atom is -0.497 e. The first kappa shape index (κ1) is 17.9. The van der Waals surface area contributed by atoms with Crippen molar-refractivity contribution in [2.45, 2.75) is 20.4 Å². The van der Waals surface area contributed by atoms with E-state index < -0.39 is 0 Å². The van der Waals surface area contributed by atoms with Gasteiger partial charge in [0.1, 0.15) is 16.1 Å². The highest BCUT2D eigenvalue weighted by atomic mass is 32.1. The summed E-state index contributed by atoms with van der Waals surface area (Å²) >= 11 is 1.58. The quantitative estimate of drug-likeness (QED) is 0.504. The number of ether oxygens (including phenoxy) is 1. The molecule has 0 aliphatic heterocycles. The smallest absolute Gasteiger partial charge is 0.213 e. The average molecular weight is 382 g/mol. The lowest BCUT2D eigenvalue weighted by Crippen LogP contribution is -2.27. The summed E-state index contributed by atoms with van der Waals surface area (Å²) in [5, 5.41) is 1.74. The summed E-state index contributed by atoms with van der Waals surface area (Å²) in [5.41, 5.74) is 1.90. The van der Waals surface area contributed by atoms with E-state index in [-0.39, 0.29) is 5.43 Å². The lowest BCUT2D eigenvalue weighted by molar-refractivity contribution is 0.293. The molecule has 0 bridgehead atoms. The Balaban J connectivity index is 2.03. The maximum Gasteiger partial charge on any atom is 0.213 e. The molecule has 0 atom stereocenters. The van der Waals surface area contributed by atoms with Crippen molar-refractivity contribution in [2.75, 3.05) is 26.7 Å². The number of rotatable bonds is 6. The molecule has 6 heteroatoms. The van der Waals surface area contributed by atoms with Gasteiger partial charge in [0.05, 0.1) is 22.7 Å². The standard InChI is InChI=1S/C21H23N3O2S/c1-4-23(5-2)11-12-24-17-9-8-14(26-3)13-16(17)20-18(24)19(25)15-7-6-10-22-21(15)27-20/h6-10,13H,4-5,11-12H2,1-3H3. The van der Waals surface area contributed by atoms with Crippen LogP contribution >= 0.6 is 11.3 Å². The highest BCUT2D eigenvalue weighted by Gasteiger charge is 2.18. The van der Waals surface area contributed by atoms with Crippen LogP contribution in [0.4, 0.5) is 0 Å². The van der Waals surface area contributed by atoms with Crippen LogP contribution in [0.2, 0.25) is 0 Å². The Hall–Kier alpha value is -2.44. The number of nitrogens with zero attached hydrogens (tertiary/aromatic N) is 3. The van der Waals surface area contributed by atoms with Crippen molar-refractivity contribution in [3.8, 4) is 5.75 Å². The highest BCUT2D eigenvalue weighted by molar-refractivity contribution is 7.25. The zero-order chi connectivity index (χ0) is 19.0. The summed E-state index contributed by atoms with van der Waals surface area (Å²) in [6, 6.07) is 9.74. The van der Waals surface area contributed by atoms with Gasteiger partial charge in [-0.2, -0.15) is 0 Å². The van der Waals surface area contributed by atoms with Crippen LogP contribution in [-0.4, -0.2) is 41.2 Å². The van der Waals surface area contributed by atoms with Gasteiger partial charge in [-0.05, 0) is 43.4 Å². The zero-order valence-corrected chi connectivity index (χ0v) is 16.7. The van der Waals surface area contributed by atoms with Crippen molar-refractivity contribution >= 4 is 42.7 Å². The second-order valence-corrected chi connectivity index (χ2v) is 7.53. The number of pyridine rings is 1. The minimum atomic E-state index is 0.0570. The molecule has 0 aliphatic rings. The number of methoxy groups -OCH3 is 1. The fourth-order valence-corrected chi connectivity index (χ4v) is 4.79. The zero-order valence-electron chi connectivity index (χ0n) is 15.9. The summed E-state index contributed by atoms with van der Waals surface area (Å²) in [6.45, 7) is 8.03. The van der Waals surface area contributed by atoms with Crippen molar-refractivity contribution in [3.63, 3.8) is 0 Å². The fourth-order valence-electron chi connectivity index (χ4n) is 3.64. The largest absolute Gasteiger partial charge is 0.497 e. The van der Waals surface area contributed by atoms with Crippen LogP contribution in [0.3, 0.4) is 0 Å². The molecule has 0 radical (unpaired) electrons. The van der Waals surface area contributed by atoms with E-state index >= 15 is 0 Å². The van der Waals surface area contributed by atoms with Gasteiger partial charge in [-0.3, -0.25) is 4.79 Å². The predicted octanol–water partition coefficient (Wildman–Crippen LogP) is 4.11. The highest BCUT2D eigenvalue weighted by Crippen LogP contribution is 2.35. The summed E-state index contributed by atoms with van der Waals surface area (Å²) in [7, 11) is 1.67. The van der Waals surface area contributed by atoms with Crippen molar-refractivity contribution in [1.29, 1.82) is 0 Å². The molecular formula is C21H23N3O2S. The summed E-state index contributed by atoms with van der Waals surface area (Å²) in [4.78, 5) is 20.9. The van der Waals surface area contributed by atoms with E-state index in [1.54, 1.807) is 24.6 Å². The van der Waals surface area contributed by atoms with Gasteiger partial charge < -0.3 is 14.2 Å². The third kappa shape index (κ3) is 2.99. The van der Waals surface area contributed by atoms with Crippen LogP contribution in [0, 0.1) is 0 Å². The molecule has 4 aromatic rings. The maximum atomic E-state index is 13.3. The molecule has 140 valence electrons. The van der Waals surface area contributed by atoms with Gasteiger partial charge in [0.15, 0.2) is 0 Å². The predicted molar refractivity (Wildman–Crippen MR) is 113 cm³/mol. The topological polar surface area (TPSA) is 47.4 Å². The second kappa shape index (κ2) is 7.29. The Morgan fingerprint density at radius 2 is 2.00 bits per heavy atom. The van der Waals surface area contributed by atoms with E-state index in [1.807, 2.05) is 24.3 Å². The first-order chi connectivity index (χ1) is 13.2. The summed E-state index contributed by atoms with van der Waals surface area (Å²) in [6.07, 6.45) is 1.74. The van der Waals surface area contributed by atoms with Crippen LogP contribution < -0.4 is 10.2 Å². The first-order valence-corrected chi connectivity index (χ1v) is 10.1. The summed E-state index contributed by atoms with van der Waals surface area (Å²) < 4.78 is 8.58. The van der Waals surface area contributed by atoms with Crippen LogP contribution in [0.25, 0.3) is 31.3 Å². The molecule has 0 saturated heterocycles. The molecule has 0 spiro atoms. The average Bonchev–Trinajstić information content (AvgIpc) is 3.02. The molecule has 0 saturated carbocycles. The van der Waals surface area contributed by atoms with E-state index in [4.69, 9.17) is 4.74 Å². The Bertz CT molecular complexity index is 1170. The molecular weight excluding hydrogens is 358 g/mol. The number of benzene rings is 1. The van der Waals surface area contributed by atoms with Gasteiger partial charge >= 0.3 is 0 Å². The van der Waals surface area contributed by atoms with Crippen molar-refractivity contribution in [3.05, 3.63) is 46.8 Å². The molecule has 0 fully saturated rings. The molecule has 0 amide bonds. The molecule has 0 aliphatic carbocycles. The van der Waals surface area contributed by atoms with Gasteiger partial charge in [-0.25, -0.2) is 4.98 Å². The minimum absolute atomic E-state index is 0.0570. The van der Waals surface area contributed by atoms with Crippen LogP contribution in [0.5, 0.6) is 5.75 Å². The van der Waals surface area contributed by atoms with Gasteiger partial charge in [0.2, 0.25) is 5.43 Å². The second-order valence-electron chi connectivity index (χ2n) is 6.53. The molecule has 4 rings (SSSR count). The van der Waals surface area contributed by atoms with Crippen LogP contribution in [0.1, 0.15) is 13.8 Å². The lowest BCUT2D eigenvalue weighted by atomic mass is 10.2. The van der Waals surface area contributed by atoms with E-state index in [0.717, 1.165) is 57.9 Å². The third-order valence-corrected chi connectivity index (χ3v) is 6.32. The molecule has 0 unspecified atom stereocenters. The SMILES string of the molecule is CCN(CC)CCn1c2ccc(OC)cc2c2sc3ncccc3c(=O)c21. The Labute approximate surface area is 161 Å². The van der Waals surface area contributed by atoms with Crippen LogP contribution in [0.15, 0.2) is 41.3 Å². The van der Waals surface area contributed by atoms with Crippen molar-refractivity contribution < 1.29 is 4.74 Å². The molecule has 3 aromatic heterocycles. The van der Waals surface area contributed by atoms with E-state index in [1.165, 1.54) is 0 Å². The number of hydrogen-bond donors (Lipinski definition) is 0. The number of hydrogen-bond acceptors (Lipinski definition) is 5. The van der Waals surface area contributed by atoms with Gasteiger partial charge in [-0.1, -0.05) is 13.8 Å². The molecule has 27 heavy (non-hydrogen) atoms.